The maximum Gasteiger partial charge on any atom is 0.220 e. The minimum Gasteiger partial charge on any atom is -0.393 e. The van der Waals surface area contributed by atoms with Crippen molar-refractivity contribution in [3.05, 3.63) is 0 Å². The van der Waals surface area contributed by atoms with Gasteiger partial charge in [-0.05, 0) is 19.3 Å². The fraction of sp³-hybridized carbons (Fsp3) is 0.917. The molecule has 4 heteroatoms. The van der Waals surface area contributed by atoms with Crippen LogP contribution in [0, 0.1) is 5.92 Å². The van der Waals surface area contributed by atoms with Gasteiger partial charge in [0, 0.05) is 32.6 Å². The van der Waals surface area contributed by atoms with E-state index >= 15 is 0 Å². The fourth-order valence-corrected chi connectivity index (χ4v) is 2.14. The molecule has 0 aliphatic heterocycles. The van der Waals surface area contributed by atoms with E-state index in [0.29, 0.717) is 19.6 Å². The predicted octanol–water partition coefficient (Wildman–Crippen LogP) is 1.08. The second-order valence-corrected chi connectivity index (χ2v) is 4.51. The summed E-state index contributed by atoms with van der Waals surface area (Å²) in [5, 5.41) is 12.6. The maximum absolute atomic E-state index is 11.4. The van der Waals surface area contributed by atoms with Crippen LogP contribution in [0.1, 0.15) is 38.5 Å². The Labute approximate surface area is 97.4 Å². The first kappa shape index (κ1) is 13.5. The predicted molar refractivity (Wildman–Crippen MR) is 62.1 cm³/mol. The minimum atomic E-state index is -0.229. The Kier molecular flexibility index (Phi) is 6.42. The highest BCUT2D eigenvalue weighted by Gasteiger charge is 2.22. The van der Waals surface area contributed by atoms with E-state index in [-0.39, 0.29) is 17.9 Å². The normalized spacial score (nSPS) is 25.4. The maximum atomic E-state index is 11.4. The molecule has 1 aliphatic carbocycles. The number of amides is 1. The average Bonchev–Trinajstić information content (AvgIpc) is 2.28. The van der Waals surface area contributed by atoms with Crippen LogP contribution in [0.25, 0.3) is 0 Å². The van der Waals surface area contributed by atoms with Gasteiger partial charge in [0.1, 0.15) is 0 Å². The van der Waals surface area contributed by atoms with E-state index in [2.05, 4.69) is 5.32 Å². The quantitative estimate of drug-likeness (QED) is 0.670. The van der Waals surface area contributed by atoms with Gasteiger partial charge in [-0.25, -0.2) is 0 Å². The molecule has 16 heavy (non-hydrogen) atoms. The molecule has 0 aromatic rings. The lowest BCUT2D eigenvalue weighted by Gasteiger charge is -2.27. The van der Waals surface area contributed by atoms with Crippen LogP contribution < -0.4 is 5.32 Å². The number of aliphatic hydroxyl groups is 1. The van der Waals surface area contributed by atoms with Crippen molar-refractivity contribution in [3.8, 4) is 0 Å². The van der Waals surface area contributed by atoms with Gasteiger partial charge in [0.2, 0.25) is 5.91 Å². The summed E-state index contributed by atoms with van der Waals surface area (Å²) in [5.41, 5.74) is 0. The molecule has 0 saturated heterocycles. The van der Waals surface area contributed by atoms with Gasteiger partial charge in [0.15, 0.2) is 0 Å². The summed E-state index contributed by atoms with van der Waals surface area (Å²) in [7, 11) is 1.64. The molecule has 2 N–H and O–H groups in total. The lowest BCUT2D eigenvalue weighted by atomic mass is 9.86. The van der Waals surface area contributed by atoms with Crippen molar-refractivity contribution in [2.45, 2.75) is 44.6 Å². The molecule has 1 aliphatic rings. The number of methoxy groups -OCH3 is 1. The zero-order chi connectivity index (χ0) is 11.8. The third kappa shape index (κ3) is 4.94. The summed E-state index contributed by atoms with van der Waals surface area (Å²) in [5.74, 6) is 0.315. The Morgan fingerprint density at radius 2 is 2.19 bits per heavy atom. The number of nitrogens with one attached hydrogen (secondary N) is 1. The van der Waals surface area contributed by atoms with Gasteiger partial charge in [0.05, 0.1) is 6.10 Å². The molecule has 2 atom stereocenters. The van der Waals surface area contributed by atoms with E-state index in [0.717, 1.165) is 25.7 Å². The van der Waals surface area contributed by atoms with Crippen molar-refractivity contribution in [3.63, 3.8) is 0 Å². The molecular weight excluding hydrogens is 206 g/mol. The van der Waals surface area contributed by atoms with E-state index in [9.17, 15) is 9.90 Å². The fourth-order valence-electron chi connectivity index (χ4n) is 2.14. The number of carbonyl (C=O) groups excluding carboxylic acids is 1. The molecule has 0 aromatic heterocycles. The SMILES string of the molecule is COCCCC(=O)NCC1CCCCC1O. The molecule has 4 nitrogen and oxygen atoms in total. The first-order valence-corrected chi connectivity index (χ1v) is 6.17. The first-order chi connectivity index (χ1) is 7.74. The lowest BCUT2D eigenvalue weighted by molar-refractivity contribution is -0.121. The molecule has 0 bridgehead atoms. The highest BCUT2D eigenvalue weighted by atomic mass is 16.5. The molecule has 1 saturated carbocycles. The van der Waals surface area contributed by atoms with E-state index in [1.54, 1.807) is 7.11 Å². The van der Waals surface area contributed by atoms with E-state index < -0.39 is 0 Å². The Morgan fingerprint density at radius 1 is 1.44 bits per heavy atom. The smallest absolute Gasteiger partial charge is 0.220 e. The second-order valence-electron chi connectivity index (χ2n) is 4.51. The summed E-state index contributed by atoms with van der Waals surface area (Å²) in [6, 6.07) is 0. The zero-order valence-corrected chi connectivity index (χ0v) is 10.1. The minimum absolute atomic E-state index is 0.0647. The van der Waals surface area contributed by atoms with Crippen molar-refractivity contribution >= 4 is 5.91 Å². The highest BCUT2D eigenvalue weighted by Crippen LogP contribution is 2.23. The van der Waals surface area contributed by atoms with Crippen LogP contribution in [0.15, 0.2) is 0 Å². The number of aliphatic hydroxyl groups excluding tert-OH is 1. The van der Waals surface area contributed by atoms with E-state index in [4.69, 9.17) is 4.74 Å². The Bertz CT molecular complexity index is 208. The van der Waals surface area contributed by atoms with Crippen molar-refractivity contribution in [2.24, 2.45) is 5.92 Å². The summed E-state index contributed by atoms with van der Waals surface area (Å²) in [6.07, 6.45) is 5.23. The molecule has 0 spiro atoms. The Balaban J connectivity index is 2.10. The number of carbonyl (C=O) groups is 1. The lowest BCUT2D eigenvalue weighted by Crippen LogP contribution is -2.36. The average molecular weight is 229 g/mol. The number of hydrogen-bond donors (Lipinski definition) is 2. The van der Waals surface area contributed by atoms with E-state index in [1.807, 2.05) is 0 Å². The van der Waals surface area contributed by atoms with Gasteiger partial charge >= 0.3 is 0 Å². The molecule has 1 amide bonds. The van der Waals surface area contributed by atoms with Crippen LogP contribution in [0.5, 0.6) is 0 Å². The molecule has 94 valence electrons. The molecule has 0 radical (unpaired) electrons. The third-order valence-electron chi connectivity index (χ3n) is 3.18. The number of rotatable bonds is 6. The molecule has 2 unspecified atom stereocenters. The number of hydrogen-bond acceptors (Lipinski definition) is 3. The second kappa shape index (κ2) is 7.63. The van der Waals surface area contributed by atoms with Gasteiger partial charge in [-0.2, -0.15) is 0 Å². The van der Waals surface area contributed by atoms with Crippen LogP contribution in [0.4, 0.5) is 0 Å². The first-order valence-electron chi connectivity index (χ1n) is 6.17. The summed E-state index contributed by atoms with van der Waals surface area (Å²) < 4.78 is 4.88. The van der Waals surface area contributed by atoms with Gasteiger partial charge in [-0.15, -0.1) is 0 Å². The molecule has 0 aromatic carbocycles. The van der Waals surface area contributed by atoms with Gasteiger partial charge < -0.3 is 15.2 Å². The van der Waals surface area contributed by atoms with Crippen LogP contribution in [0.2, 0.25) is 0 Å². The monoisotopic (exact) mass is 229 g/mol. The van der Waals surface area contributed by atoms with Crippen molar-refractivity contribution < 1.29 is 14.6 Å². The molecule has 1 fully saturated rings. The molecular formula is C12H23NO3. The molecule has 1 rings (SSSR count). The van der Waals surface area contributed by atoms with E-state index in [1.165, 1.54) is 6.42 Å². The van der Waals surface area contributed by atoms with Crippen LogP contribution >= 0.6 is 0 Å². The van der Waals surface area contributed by atoms with Crippen molar-refractivity contribution in [1.82, 2.24) is 5.32 Å². The third-order valence-corrected chi connectivity index (χ3v) is 3.18. The van der Waals surface area contributed by atoms with Gasteiger partial charge in [0.25, 0.3) is 0 Å². The van der Waals surface area contributed by atoms with Gasteiger partial charge in [-0.1, -0.05) is 12.8 Å². The van der Waals surface area contributed by atoms with Gasteiger partial charge in [-0.3, -0.25) is 4.79 Å². The highest BCUT2D eigenvalue weighted by molar-refractivity contribution is 5.75. The standard InChI is InChI=1S/C12H23NO3/c1-16-8-4-7-12(15)13-9-10-5-2-3-6-11(10)14/h10-11,14H,2-9H2,1H3,(H,13,15). The van der Waals surface area contributed by atoms with Crippen molar-refractivity contribution in [1.29, 1.82) is 0 Å². The van der Waals surface area contributed by atoms with Crippen LogP contribution in [-0.4, -0.2) is 37.4 Å². The van der Waals surface area contributed by atoms with Crippen LogP contribution in [-0.2, 0) is 9.53 Å². The Morgan fingerprint density at radius 3 is 2.88 bits per heavy atom. The van der Waals surface area contributed by atoms with Crippen LogP contribution in [0.3, 0.4) is 0 Å². The topological polar surface area (TPSA) is 58.6 Å². The Hall–Kier alpha value is -0.610. The summed E-state index contributed by atoms with van der Waals surface area (Å²) in [6.45, 7) is 1.24. The summed E-state index contributed by atoms with van der Waals surface area (Å²) in [4.78, 5) is 11.4. The molecule has 0 heterocycles. The largest absolute Gasteiger partial charge is 0.393 e. The summed E-state index contributed by atoms with van der Waals surface area (Å²) >= 11 is 0. The number of ether oxygens (including phenoxy) is 1. The zero-order valence-electron chi connectivity index (χ0n) is 10.1. The van der Waals surface area contributed by atoms with Crippen molar-refractivity contribution in [2.75, 3.05) is 20.3 Å².